The van der Waals surface area contributed by atoms with Crippen LogP contribution in [0.5, 0.6) is 0 Å². The van der Waals surface area contributed by atoms with Crippen molar-refractivity contribution < 1.29 is 14.5 Å². The van der Waals surface area contributed by atoms with E-state index in [0.717, 1.165) is 5.69 Å². The van der Waals surface area contributed by atoms with Gasteiger partial charge >= 0.3 is 0 Å². The molecular formula is C24H18N4O4. The number of nitrogens with zero attached hydrogens (tertiary/aromatic N) is 3. The predicted octanol–water partition coefficient (Wildman–Crippen LogP) is 4.90. The Morgan fingerprint density at radius 1 is 0.969 bits per heavy atom. The van der Waals surface area contributed by atoms with Crippen LogP contribution >= 0.6 is 0 Å². The van der Waals surface area contributed by atoms with E-state index in [4.69, 9.17) is 0 Å². The van der Waals surface area contributed by atoms with Gasteiger partial charge in [-0.05, 0) is 43.3 Å². The third kappa shape index (κ3) is 4.29. The zero-order valence-corrected chi connectivity index (χ0v) is 17.1. The van der Waals surface area contributed by atoms with Crippen molar-refractivity contribution in [3.8, 4) is 16.9 Å². The topological polar surface area (TPSA) is 107 Å². The molecule has 0 aliphatic heterocycles. The van der Waals surface area contributed by atoms with E-state index < -0.39 is 10.8 Å². The van der Waals surface area contributed by atoms with Gasteiger partial charge in [0.15, 0.2) is 5.78 Å². The highest BCUT2D eigenvalue weighted by Gasteiger charge is 2.20. The van der Waals surface area contributed by atoms with E-state index in [0.29, 0.717) is 22.5 Å². The lowest BCUT2D eigenvalue weighted by molar-refractivity contribution is -0.384. The fourth-order valence-electron chi connectivity index (χ4n) is 3.22. The molecule has 3 aromatic carbocycles. The van der Waals surface area contributed by atoms with Gasteiger partial charge in [-0.25, -0.2) is 4.68 Å². The summed E-state index contributed by atoms with van der Waals surface area (Å²) in [5.74, 6) is -0.522. The van der Waals surface area contributed by atoms with Crippen LogP contribution in [0.25, 0.3) is 16.9 Å². The van der Waals surface area contributed by atoms with Crippen molar-refractivity contribution >= 4 is 23.1 Å². The molecule has 0 saturated heterocycles. The average Bonchev–Trinajstić information content (AvgIpc) is 3.25. The molecule has 1 N–H and O–H groups in total. The van der Waals surface area contributed by atoms with Gasteiger partial charge in [0.25, 0.3) is 11.6 Å². The smallest absolute Gasteiger partial charge is 0.269 e. The standard InChI is InChI=1S/C24H18N4O4/c1-16(29)18-6-5-7-19(14-18)25-24(30)22-15-27(20-8-3-2-4-9-20)26-23(22)17-10-12-21(13-11-17)28(31)32/h2-15H,1H3,(H,25,30). The number of Topliss-reactive ketones (excluding diaryl/α,β-unsaturated/α-hetero) is 1. The molecule has 158 valence electrons. The number of anilines is 1. The number of nitro benzene ring substituents is 1. The highest BCUT2D eigenvalue weighted by atomic mass is 16.6. The zero-order valence-electron chi connectivity index (χ0n) is 17.1. The summed E-state index contributed by atoms with van der Waals surface area (Å²) in [6.07, 6.45) is 1.61. The normalized spacial score (nSPS) is 10.5. The fraction of sp³-hybridized carbons (Fsp3) is 0.0417. The lowest BCUT2D eigenvalue weighted by Crippen LogP contribution is -2.12. The van der Waals surface area contributed by atoms with Crippen molar-refractivity contribution in [3.05, 3.63) is 106 Å². The van der Waals surface area contributed by atoms with E-state index in [1.165, 1.54) is 19.1 Å². The minimum atomic E-state index is -0.484. The molecule has 4 aromatic rings. The van der Waals surface area contributed by atoms with Crippen LogP contribution in [0, 0.1) is 10.1 Å². The molecule has 0 fully saturated rings. The maximum Gasteiger partial charge on any atom is 0.269 e. The second kappa shape index (κ2) is 8.65. The molecule has 0 spiro atoms. The highest BCUT2D eigenvalue weighted by Crippen LogP contribution is 2.27. The maximum absolute atomic E-state index is 13.2. The molecule has 0 aliphatic carbocycles. The number of para-hydroxylation sites is 1. The summed E-state index contributed by atoms with van der Waals surface area (Å²) in [5, 5.41) is 18.4. The Morgan fingerprint density at radius 3 is 2.34 bits per heavy atom. The first-order chi connectivity index (χ1) is 15.4. The molecule has 0 radical (unpaired) electrons. The molecular weight excluding hydrogens is 408 g/mol. The number of non-ortho nitro benzene ring substituents is 1. The summed E-state index contributed by atoms with van der Waals surface area (Å²) >= 11 is 0. The van der Waals surface area contributed by atoms with Gasteiger partial charge in [0.1, 0.15) is 5.69 Å². The van der Waals surface area contributed by atoms with Crippen molar-refractivity contribution in [1.82, 2.24) is 9.78 Å². The molecule has 0 unspecified atom stereocenters. The average molecular weight is 426 g/mol. The van der Waals surface area contributed by atoms with Crippen molar-refractivity contribution in [2.75, 3.05) is 5.32 Å². The first-order valence-electron chi connectivity index (χ1n) is 9.74. The third-order valence-electron chi connectivity index (χ3n) is 4.86. The summed E-state index contributed by atoms with van der Waals surface area (Å²) in [6.45, 7) is 1.46. The van der Waals surface area contributed by atoms with Gasteiger partial charge in [-0.1, -0.05) is 30.3 Å². The molecule has 1 amide bonds. The first kappa shape index (κ1) is 20.7. The highest BCUT2D eigenvalue weighted by molar-refractivity contribution is 6.08. The van der Waals surface area contributed by atoms with Crippen LogP contribution in [-0.2, 0) is 0 Å². The number of carbonyl (C=O) groups is 2. The maximum atomic E-state index is 13.2. The Hall–Kier alpha value is -4.59. The van der Waals surface area contributed by atoms with Gasteiger partial charge in [-0.3, -0.25) is 19.7 Å². The number of hydrogen-bond acceptors (Lipinski definition) is 5. The van der Waals surface area contributed by atoms with Gasteiger partial charge in [-0.15, -0.1) is 0 Å². The number of nitro groups is 1. The summed E-state index contributed by atoms with van der Waals surface area (Å²) in [6, 6.07) is 21.8. The van der Waals surface area contributed by atoms with E-state index in [1.807, 2.05) is 30.3 Å². The monoisotopic (exact) mass is 426 g/mol. The molecule has 0 bridgehead atoms. The SMILES string of the molecule is CC(=O)c1cccc(NC(=O)c2cn(-c3ccccc3)nc2-c2ccc([N+](=O)[O-])cc2)c1. The number of nitrogens with one attached hydrogen (secondary N) is 1. The number of aromatic nitrogens is 2. The predicted molar refractivity (Wildman–Crippen MR) is 120 cm³/mol. The number of benzene rings is 3. The fourth-order valence-corrected chi connectivity index (χ4v) is 3.22. The Morgan fingerprint density at radius 2 is 1.69 bits per heavy atom. The van der Waals surface area contributed by atoms with Gasteiger partial charge in [0, 0.05) is 35.1 Å². The van der Waals surface area contributed by atoms with Crippen LogP contribution in [-0.4, -0.2) is 26.4 Å². The summed E-state index contributed by atoms with van der Waals surface area (Å²) in [5.41, 5.74) is 2.90. The van der Waals surface area contributed by atoms with Crippen LogP contribution in [0.4, 0.5) is 11.4 Å². The van der Waals surface area contributed by atoms with Gasteiger partial charge < -0.3 is 5.32 Å². The van der Waals surface area contributed by atoms with Crippen LogP contribution in [0.2, 0.25) is 0 Å². The molecule has 0 atom stereocenters. The van der Waals surface area contributed by atoms with Crippen molar-refractivity contribution in [1.29, 1.82) is 0 Å². The van der Waals surface area contributed by atoms with Gasteiger partial charge in [0.05, 0.1) is 16.2 Å². The molecule has 32 heavy (non-hydrogen) atoms. The Kier molecular flexibility index (Phi) is 5.59. The lowest BCUT2D eigenvalue weighted by atomic mass is 10.1. The number of rotatable bonds is 6. The van der Waals surface area contributed by atoms with Gasteiger partial charge in [0.2, 0.25) is 0 Å². The van der Waals surface area contributed by atoms with Crippen molar-refractivity contribution in [2.45, 2.75) is 6.92 Å². The summed E-state index contributed by atoms with van der Waals surface area (Å²) in [7, 11) is 0. The number of amides is 1. The minimum absolute atomic E-state index is 0.0525. The quantitative estimate of drug-likeness (QED) is 0.268. The van der Waals surface area contributed by atoms with E-state index in [1.54, 1.807) is 47.3 Å². The molecule has 0 saturated carbocycles. The Labute approximate surface area is 183 Å². The second-order valence-electron chi connectivity index (χ2n) is 7.07. The van der Waals surface area contributed by atoms with E-state index in [2.05, 4.69) is 10.4 Å². The van der Waals surface area contributed by atoms with Crippen molar-refractivity contribution in [2.24, 2.45) is 0 Å². The minimum Gasteiger partial charge on any atom is -0.322 e. The first-order valence-corrected chi connectivity index (χ1v) is 9.74. The van der Waals surface area contributed by atoms with Crippen LogP contribution < -0.4 is 5.32 Å². The number of hydrogen-bond donors (Lipinski definition) is 1. The second-order valence-corrected chi connectivity index (χ2v) is 7.07. The van der Waals surface area contributed by atoms with E-state index in [-0.39, 0.29) is 17.0 Å². The molecule has 1 aromatic heterocycles. The Balaban J connectivity index is 1.74. The van der Waals surface area contributed by atoms with Crippen LogP contribution in [0.3, 0.4) is 0 Å². The Bertz CT molecular complexity index is 1310. The van der Waals surface area contributed by atoms with E-state index >= 15 is 0 Å². The summed E-state index contributed by atoms with van der Waals surface area (Å²) < 4.78 is 1.58. The molecule has 8 heteroatoms. The third-order valence-corrected chi connectivity index (χ3v) is 4.86. The van der Waals surface area contributed by atoms with Gasteiger partial charge in [-0.2, -0.15) is 5.10 Å². The zero-order chi connectivity index (χ0) is 22.7. The summed E-state index contributed by atoms with van der Waals surface area (Å²) in [4.78, 5) is 35.3. The molecule has 1 heterocycles. The van der Waals surface area contributed by atoms with E-state index in [9.17, 15) is 19.7 Å². The van der Waals surface area contributed by atoms with Crippen molar-refractivity contribution in [3.63, 3.8) is 0 Å². The molecule has 8 nitrogen and oxygen atoms in total. The van der Waals surface area contributed by atoms with Crippen LogP contribution in [0.15, 0.2) is 85.1 Å². The number of carbonyl (C=O) groups excluding carboxylic acids is 2. The molecule has 0 aliphatic rings. The lowest BCUT2D eigenvalue weighted by Gasteiger charge is -2.07. The largest absolute Gasteiger partial charge is 0.322 e. The number of ketones is 1. The molecule has 4 rings (SSSR count). The van der Waals surface area contributed by atoms with Crippen LogP contribution in [0.1, 0.15) is 27.6 Å².